The summed E-state index contributed by atoms with van der Waals surface area (Å²) in [6.45, 7) is 6.36. The number of nitrogens with one attached hydrogen (secondary N) is 1. The summed E-state index contributed by atoms with van der Waals surface area (Å²) < 4.78 is 14.1. The highest BCUT2D eigenvalue weighted by atomic mass is 79.9. The first-order valence-corrected chi connectivity index (χ1v) is 8.24. The Hall–Kier alpha value is -0.620. The molecule has 1 aromatic heterocycles. The zero-order valence-corrected chi connectivity index (χ0v) is 13.3. The van der Waals surface area contributed by atoms with Crippen molar-refractivity contribution in [2.75, 3.05) is 18.1 Å². The summed E-state index contributed by atoms with van der Waals surface area (Å²) >= 11 is 3.37. The van der Waals surface area contributed by atoms with Crippen LogP contribution in [0.25, 0.3) is 0 Å². The number of aromatic nitrogens is 1. The summed E-state index contributed by atoms with van der Waals surface area (Å²) in [6, 6.07) is 2.02. The molecule has 1 atom stereocenters. The molecule has 0 saturated heterocycles. The Kier molecular flexibility index (Phi) is 6.08. The van der Waals surface area contributed by atoms with Gasteiger partial charge in [0.25, 0.3) is 5.91 Å². The molecule has 1 heterocycles. The summed E-state index contributed by atoms with van der Waals surface area (Å²) in [5.41, 5.74) is 0.624. The minimum Gasteiger partial charge on any atom is -0.350 e. The molecular formula is C12H19BrN2O2S. The summed E-state index contributed by atoms with van der Waals surface area (Å²) in [5.74, 6) is 1.01. The predicted octanol–water partition coefficient (Wildman–Crippen LogP) is 2.33. The number of amides is 1. The van der Waals surface area contributed by atoms with Crippen molar-refractivity contribution in [1.29, 1.82) is 0 Å². The Balaban J connectivity index is 2.64. The largest absolute Gasteiger partial charge is 0.350 e. The molecule has 1 rings (SSSR count). The molecule has 0 radical (unpaired) electrons. The van der Waals surface area contributed by atoms with Gasteiger partial charge in [-0.15, -0.1) is 0 Å². The van der Waals surface area contributed by atoms with Gasteiger partial charge in [-0.05, 0) is 35.8 Å². The number of carbonyl (C=O) groups excluding carboxylic acids is 1. The second-order valence-corrected chi connectivity index (χ2v) is 7.01. The second-order valence-electron chi connectivity index (χ2n) is 4.23. The Morgan fingerprint density at radius 2 is 2.22 bits per heavy atom. The van der Waals surface area contributed by atoms with Gasteiger partial charge in [-0.2, -0.15) is 0 Å². The van der Waals surface area contributed by atoms with Crippen LogP contribution < -0.4 is 5.32 Å². The predicted molar refractivity (Wildman–Crippen MR) is 78.4 cm³/mol. The van der Waals surface area contributed by atoms with E-state index in [1.165, 1.54) is 0 Å². The third-order valence-electron chi connectivity index (χ3n) is 2.54. The maximum Gasteiger partial charge on any atom is 0.267 e. The molecule has 0 aliphatic heterocycles. The minimum atomic E-state index is -0.840. The summed E-state index contributed by atoms with van der Waals surface area (Å²) in [7, 11) is -0.840. The van der Waals surface area contributed by atoms with Crippen LogP contribution in [0.1, 0.15) is 37.3 Å². The fourth-order valence-electron chi connectivity index (χ4n) is 1.57. The third kappa shape index (κ3) is 4.24. The molecule has 1 amide bonds. The van der Waals surface area contributed by atoms with Crippen LogP contribution in [0.5, 0.6) is 0 Å². The molecule has 0 spiro atoms. The van der Waals surface area contributed by atoms with E-state index in [0.717, 1.165) is 4.47 Å². The number of rotatable bonds is 6. The van der Waals surface area contributed by atoms with E-state index in [4.69, 9.17) is 0 Å². The number of nitrogens with zero attached hydrogens (tertiary/aromatic N) is 1. The van der Waals surface area contributed by atoms with Crippen molar-refractivity contribution in [1.82, 2.24) is 9.88 Å². The molecule has 4 nitrogen and oxygen atoms in total. The van der Waals surface area contributed by atoms with E-state index in [0.29, 0.717) is 23.7 Å². The highest BCUT2D eigenvalue weighted by Crippen LogP contribution is 2.19. The van der Waals surface area contributed by atoms with E-state index in [1.807, 2.05) is 31.5 Å². The fourth-order valence-corrected chi connectivity index (χ4v) is 2.62. The molecule has 102 valence electrons. The quantitative estimate of drug-likeness (QED) is 0.867. The van der Waals surface area contributed by atoms with Crippen molar-refractivity contribution in [2.45, 2.75) is 26.8 Å². The third-order valence-corrected chi connectivity index (χ3v) is 4.28. The van der Waals surface area contributed by atoms with Gasteiger partial charge >= 0.3 is 0 Å². The molecule has 1 aromatic rings. The van der Waals surface area contributed by atoms with Crippen LogP contribution in [0.3, 0.4) is 0 Å². The Labute approximate surface area is 119 Å². The van der Waals surface area contributed by atoms with Crippen LogP contribution in [0.15, 0.2) is 16.7 Å². The molecule has 1 unspecified atom stereocenters. The lowest BCUT2D eigenvalue weighted by Gasteiger charge is -2.12. The zero-order valence-electron chi connectivity index (χ0n) is 10.9. The molecule has 0 aliphatic rings. The zero-order chi connectivity index (χ0) is 13.7. The topological polar surface area (TPSA) is 51.1 Å². The normalized spacial score (nSPS) is 12.7. The van der Waals surface area contributed by atoms with Crippen LogP contribution >= 0.6 is 15.9 Å². The second kappa shape index (κ2) is 7.09. The molecule has 0 saturated carbocycles. The van der Waals surface area contributed by atoms with Gasteiger partial charge in [0.2, 0.25) is 0 Å². The number of carbonyl (C=O) groups is 1. The Morgan fingerprint density at radius 3 is 2.78 bits per heavy atom. The lowest BCUT2D eigenvalue weighted by molar-refractivity contribution is 0.0945. The first-order valence-electron chi connectivity index (χ1n) is 5.96. The van der Waals surface area contributed by atoms with Crippen LogP contribution in [0.4, 0.5) is 0 Å². The van der Waals surface area contributed by atoms with Crippen molar-refractivity contribution >= 4 is 32.6 Å². The van der Waals surface area contributed by atoms with Crippen molar-refractivity contribution in [3.8, 4) is 0 Å². The molecule has 0 aromatic carbocycles. The van der Waals surface area contributed by atoms with E-state index in [2.05, 4.69) is 21.2 Å². The lowest BCUT2D eigenvalue weighted by Crippen LogP contribution is -2.30. The number of halogens is 1. The molecule has 1 N–H and O–H groups in total. The number of hydrogen-bond acceptors (Lipinski definition) is 2. The maximum atomic E-state index is 12.0. The van der Waals surface area contributed by atoms with E-state index in [-0.39, 0.29) is 11.9 Å². The van der Waals surface area contributed by atoms with Gasteiger partial charge in [0.15, 0.2) is 0 Å². The first kappa shape index (κ1) is 15.4. The van der Waals surface area contributed by atoms with Gasteiger partial charge < -0.3 is 9.88 Å². The average molecular weight is 335 g/mol. The van der Waals surface area contributed by atoms with E-state index >= 15 is 0 Å². The van der Waals surface area contributed by atoms with Crippen molar-refractivity contribution in [3.05, 3.63) is 22.4 Å². The minimum absolute atomic E-state index is 0.123. The highest BCUT2D eigenvalue weighted by molar-refractivity contribution is 9.10. The molecule has 0 fully saturated rings. The van der Waals surface area contributed by atoms with E-state index in [9.17, 15) is 9.00 Å². The first-order chi connectivity index (χ1) is 8.45. The monoisotopic (exact) mass is 334 g/mol. The van der Waals surface area contributed by atoms with Crippen molar-refractivity contribution < 1.29 is 9.00 Å². The summed E-state index contributed by atoms with van der Waals surface area (Å²) in [4.78, 5) is 12.0. The van der Waals surface area contributed by atoms with Crippen LogP contribution in [-0.2, 0) is 10.8 Å². The standard InChI is InChI=1S/C12H19BrN2O2S/c1-4-18(17)6-5-14-12(16)11-7-10(13)8-15(11)9(2)3/h7-9H,4-6H2,1-3H3,(H,14,16). The molecule has 0 bridgehead atoms. The maximum absolute atomic E-state index is 12.0. The molecule has 0 aliphatic carbocycles. The van der Waals surface area contributed by atoms with Crippen LogP contribution in [-0.4, -0.2) is 32.7 Å². The van der Waals surface area contributed by atoms with Crippen molar-refractivity contribution in [2.24, 2.45) is 0 Å². The average Bonchev–Trinajstić information content (AvgIpc) is 2.71. The highest BCUT2D eigenvalue weighted by Gasteiger charge is 2.14. The number of hydrogen-bond donors (Lipinski definition) is 1. The molecule has 6 heteroatoms. The van der Waals surface area contributed by atoms with Gasteiger partial charge in [-0.3, -0.25) is 9.00 Å². The van der Waals surface area contributed by atoms with Gasteiger partial charge in [-0.25, -0.2) is 0 Å². The smallest absolute Gasteiger partial charge is 0.267 e. The van der Waals surface area contributed by atoms with Gasteiger partial charge in [-0.1, -0.05) is 6.92 Å². The van der Waals surface area contributed by atoms with Gasteiger partial charge in [0.05, 0.1) is 0 Å². The Morgan fingerprint density at radius 1 is 1.56 bits per heavy atom. The Bertz CT molecular complexity index is 443. The van der Waals surface area contributed by atoms with Crippen LogP contribution in [0.2, 0.25) is 0 Å². The van der Waals surface area contributed by atoms with Gasteiger partial charge in [0.1, 0.15) is 5.69 Å². The molecular weight excluding hydrogens is 316 g/mol. The summed E-state index contributed by atoms with van der Waals surface area (Å²) in [6.07, 6.45) is 1.89. The van der Waals surface area contributed by atoms with Crippen molar-refractivity contribution in [3.63, 3.8) is 0 Å². The SMILES string of the molecule is CCS(=O)CCNC(=O)c1cc(Br)cn1C(C)C. The summed E-state index contributed by atoms with van der Waals surface area (Å²) in [5, 5.41) is 2.80. The molecule has 18 heavy (non-hydrogen) atoms. The van der Waals surface area contributed by atoms with Crippen LogP contribution in [0, 0.1) is 0 Å². The van der Waals surface area contributed by atoms with E-state index < -0.39 is 10.8 Å². The van der Waals surface area contributed by atoms with Gasteiger partial charge in [0, 0.05) is 45.6 Å². The lowest BCUT2D eigenvalue weighted by atomic mass is 10.3. The van der Waals surface area contributed by atoms with E-state index in [1.54, 1.807) is 6.07 Å². The fraction of sp³-hybridized carbons (Fsp3) is 0.583.